The molecule has 0 radical (unpaired) electrons. The molecule has 2 heteroatoms. The average molecular weight is 229 g/mol. The van der Waals surface area contributed by atoms with E-state index in [9.17, 15) is 0 Å². The summed E-state index contributed by atoms with van der Waals surface area (Å²) in [6, 6.07) is 8.30. The third kappa shape index (κ3) is 3.59. The molecule has 0 N–H and O–H groups in total. The summed E-state index contributed by atoms with van der Waals surface area (Å²) in [4.78, 5) is 0. The molecule has 14 heavy (non-hydrogen) atoms. The monoisotopic (exact) mass is 228 g/mol. The van der Waals surface area contributed by atoms with Crippen LogP contribution in [0.4, 0.5) is 0 Å². The second-order valence-corrected chi connectivity index (χ2v) is 5.73. The van der Waals surface area contributed by atoms with Crippen LogP contribution in [0.3, 0.4) is 0 Å². The highest BCUT2D eigenvalue weighted by Gasteiger charge is 2.10. The van der Waals surface area contributed by atoms with Crippen LogP contribution in [0, 0.1) is 5.92 Å². The Morgan fingerprint density at radius 2 is 1.79 bits per heavy atom. The van der Waals surface area contributed by atoms with Gasteiger partial charge in [-0.05, 0) is 36.7 Å². The Bertz CT molecular complexity index is 266. The van der Waals surface area contributed by atoms with Gasteiger partial charge in [0, 0.05) is 10.7 Å². The van der Waals surface area contributed by atoms with E-state index in [1.165, 1.54) is 12.0 Å². The third-order valence-corrected chi connectivity index (χ3v) is 3.85. The molecule has 1 rings (SSSR count). The van der Waals surface area contributed by atoms with Crippen molar-refractivity contribution in [3.05, 3.63) is 34.9 Å². The quantitative estimate of drug-likeness (QED) is 0.654. The van der Waals surface area contributed by atoms with Gasteiger partial charge in [0.25, 0.3) is 0 Å². The number of halogens is 1. The van der Waals surface area contributed by atoms with E-state index in [1.807, 2.05) is 12.1 Å². The molecule has 0 saturated carbocycles. The highest BCUT2D eigenvalue weighted by Crippen LogP contribution is 2.37. The highest BCUT2D eigenvalue weighted by molar-refractivity contribution is 7.37. The van der Waals surface area contributed by atoms with E-state index >= 15 is 0 Å². The van der Waals surface area contributed by atoms with E-state index in [1.54, 1.807) is 0 Å². The Kier molecular flexibility index (Phi) is 4.92. The fraction of sp³-hybridized carbons (Fsp3) is 0.500. The summed E-state index contributed by atoms with van der Waals surface area (Å²) in [6.45, 7) is 6.84. The lowest BCUT2D eigenvalue weighted by atomic mass is 10.0. The number of benzene rings is 1. The van der Waals surface area contributed by atoms with E-state index in [2.05, 4.69) is 32.6 Å². The average Bonchev–Trinajstić information content (AvgIpc) is 2.15. The molecule has 2 atom stereocenters. The number of rotatable bonds is 4. The van der Waals surface area contributed by atoms with Gasteiger partial charge in [0.05, 0.1) is 0 Å². The molecule has 0 aliphatic carbocycles. The van der Waals surface area contributed by atoms with Crippen LogP contribution in [0.15, 0.2) is 24.3 Å². The van der Waals surface area contributed by atoms with Crippen LogP contribution in [-0.4, -0.2) is 6.66 Å². The molecule has 0 fully saturated rings. The summed E-state index contributed by atoms with van der Waals surface area (Å²) >= 11 is 5.87. The molecular weight excluding hydrogens is 211 g/mol. The van der Waals surface area contributed by atoms with Crippen LogP contribution in [0.2, 0.25) is 5.02 Å². The zero-order chi connectivity index (χ0) is 10.6. The summed E-state index contributed by atoms with van der Waals surface area (Å²) in [5.74, 6) is 0.767. The molecule has 1 aromatic rings. The van der Waals surface area contributed by atoms with Crippen molar-refractivity contribution >= 4 is 20.2 Å². The van der Waals surface area contributed by atoms with Gasteiger partial charge in [-0.25, -0.2) is 0 Å². The summed E-state index contributed by atoms with van der Waals surface area (Å²) in [6.07, 6.45) is 1.27. The minimum Gasteiger partial charge on any atom is -0.118 e. The molecule has 0 nitrogen and oxygen atoms in total. The molecule has 2 unspecified atom stereocenters. The first-order chi connectivity index (χ1) is 6.63. The number of hydrogen-bond acceptors (Lipinski definition) is 0. The van der Waals surface area contributed by atoms with Crippen LogP contribution < -0.4 is 0 Å². The minimum atomic E-state index is 0.715. The van der Waals surface area contributed by atoms with Gasteiger partial charge in [-0.3, -0.25) is 0 Å². The second-order valence-electron chi connectivity index (χ2n) is 4.02. The largest absolute Gasteiger partial charge is 0.118 e. The molecule has 0 heterocycles. The van der Waals surface area contributed by atoms with E-state index < -0.39 is 0 Å². The summed E-state index contributed by atoms with van der Waals surface area (Å²) in [7, 11) is 0.973. The van der Waals surface area contributed by atoms with Gasteiger partial charge >= 0.3 is 0 Å². The Labute approximate surface area is 93.8 Å². The first-order valence-electron chi connectivity index (χ1n) is 5.06. The topological polar surface area (TPSA) is 0 Å². The molecule has 0 aliphatic heterocycles. The lowest BCUT2D eigenvalue weighted by Gasteiger charge is -2.17. The predicted octanol–water partition coefficient (Wildman–Crippen LogP) is 4.74. The van der Waals surface area contributed by atoms with Crippen molar-refractivity contribution in [1.29, 1.82) is 0 Å². The molecular formula is C12H18ClP. The summed E-state index contributed by atoms with van der Waals surface area (Å²) in [5, 5.41) is 0.830. The fourth-order valence-electron chi connectivity index (χ4n) is 1.59. The maximum Gasteiger partial charge on any atom is 0.0406 e. The van der Waals surface area contributed by atoms with Crippen LogP contribution in [0.1, 0.15) is 31.5 Å². The molecule has 0 amide bonds. The maximum absolute atomic E-state index is 5.87. The minimum absolute atomic E-state index is 0.715. The van der Waals surface area contributed by atoms with Crippen molar-refractivity contribution in [2.45, 2.75) is 25.9 Å². The normalized spacial score (nSPS) is 14.1. The predicted molar refractivity (Wildman–Crippen MR) is 67.9 cm³/mol. The van der Waals surface area contributed by atoms with Crippen molar-refractivity contribution in [1.82, 2.24) is 0 Å². The molecule has 0 aliphatic rings. The molecule has 0 aromatic heterocycles. The highest BCUT2D eigenvalue weighted by atomic mass is 35.5. The van der Waals surface area contributed by atoms with Crippen molar-refractivity contribution < 1.29 is 0 Å². The zero-order valence-electron chi connectivity index (χ0n) is 9.05. The van der Waals surface area contributed by atoms with Crippen molar-refractivity contribution in [2.75, 3.05) is 6.66 Å². The Morgan fingerprint density at radius 1 is 1.21 bits per heavy atom. The maximum atomic E-state index is 5.87. The smallest absolute Gasteiger partial charge is 0.0406 e. The van der Waals surface area contributed by atoms with Crippen molar-refractivity contribution in [3.63, 3.8) is 0 Å². The van der Waals surface area contributed by atoms with Gasteiger partial charge in [0.15, 0.2) is 0 Å². The van der Waals surface area contributed by atoms with Gasteiger partial charge in [0.1, 0.15) is 0 Å². The van der Waals surface area contributed by atoms with Crippen LogP contribution in [0.25, 0.3) is 0 Å². The van der Waals surface area contributed by atoms with Gasteiger partial charge in [0.2, 0.25) is 0 Å². The lowest BCUT2D eigenvalue weighted by Crippen LogP contribution is -1.97. The van der Waals surface area contributed by atoms with E-state index in [0.717, 1.165) is 19.5 Å². The Morgan fingerprint density at radius 3 is 2.21 bits per heavy atom. The molecule has 78 valence electrons. The Balaban J connectivity index is 2.73. The van der Waals surface area contributed by atoms with E-state index in [4.69, 9.17) is 11.6 Å². The van der Waals surface area contributed by atoms with Gasteiger partial charge in [-0.2, -0.15) is 0 Å². The standard InChI is InChI=1S/C12H18ClP/c1-9(2)8-12(14-3)10-4-6-11(13)7-5-10/h4-7,9,12,14H,8H2,1-3H3. The Hall–Kier alpha value is -0.0600. The number of hydrogen-bond donors (Lipinski definition) is 0. The van der Waals surface area contributed by atoms with Gasteiger partial charge in [-0.1, -0.05) is 37.6 Å². The van der Waals surface area contributed by atoms with Crippen LogP contribution in [-0.2, 0) is 0 Å². The van der Waals surface area contributed by atoms with Crippen molar-refractivity contribution in [3.8, 4) is 0 Å². The summed E-state index contributed by atoms with van der Waals surface area (Å²) in [5.41, 5.74) is 2.15. The summed E-state index contributed by atoms with van der Waals surface area (Å²) < 4.78 is 0. The van der Waals surface area contributed by atoms with Gasteiger partial charge < -0.3 is 0 Å². The van der Waals surface area contributed by atoms with E-state index in [-0.39, 0.29) is 0 Å². The zero-order valence-corrected chi connectivity index (χ0v) is 10.8. The van der Waals surface area contributed by atoms with Crippen LogP contribution >= 0.6 is 20.2 Å². The van der Waals surface area contributed by atoms with E-state index in [0.29, 0.717) is 5.66 Å². The molecule has 1 aromatic carbocycles. The first kappa shape index (κ1) is 12.0. The first-order valence-corrected chi connectivity index (χ1v) is 7.01. The van der Waals surface area contributed by atoms with Crippen LogP contribution in [0.5, 0.6) is 0 Å². The molecule has 0 saturated heterocycles. The third-order valence-electron chi connectivity index (χ3n) is 2.33. The van der Waals surface area contributed by atoms with Crippen molar-refractivity contribution in [2.24, 2.45) is 5.92 Å². The lowest BCUT2D eigenvalue weighted by molar-refractivity contribution is 0.577. The second kappa shape index (κ2) is 5.73. The van der Waals surface area contributed by atoms with Gasteiger partial charge in [-0.15, -0.1) is 8.58 Å². The molecule has 0 bridgehead atoms. The SMILES string of the molecule is CPC(CC(C)C)c1ccc(Cl)cc1. The molecule has 0 spiro atoms. The fourth-order valence-corrected chi connectivity index (χ4v) is 2.95.